The van der Waals surface area contributed by atoms with Gasteiger partial charge >= 0.3 is 0 Å². The minimum absolute atomic E-state index is 0.0150. The monoisotopic (exact) mass is 174 g/mol. The lowest BCUT2D eigenvalue weighted by Gasteiger charge is -2.19. The lowest BCUT2D eigenvalue weighted by molar-refractivity contribution is 0.467. The zero-order chi connectivity index (χ0) is 8.06. The van der Waals surface area contributed by atoms with Crippen molar-refractivity contribution in [3.8, 4) is 0 Å². The number of fused-ring (bicyclic) bond motifs is 2. The van der Waals surface area contributed by atoms with Crippen LogP contribution in [0.25, 0.3) is 0 Å². The van der Waals surface area contributed by atoms with Crippen LogP contribution in [0.4, 0.5) is 0 Å². The van der Waals surface area contributed by atoms with E-state index in [1.54, 1.807) is 0 Å². The maximum atomic E-state index is 11.2. The topological polar surface area (TPSA) is 34.1 Å². The summed E-state index contributed by atoms with van der Waals surface area (Å²) in [6.07, 6.45) is 5.94. The Morgan fingerprint density at radius 1 is 1.18 bits per heavy atom. The molecule has 0 saturated heterocycles. The van der Waals surface area contributed by atoms with Gasteiger partial charge in [-0.05, 0) is 31.1 Å². The molecule has 2 nitrogen and oxygen atoms in total. The second-order valence-electron chi connectivity index (χ2n) is 4.04. The Morgan fingerprint density at radius 3 is 2.18 bits per heavy atom. The van der Waals surface area contributed by atoms with Gasteiger partial charge in [0.05, 0.1) is 5.25 Å². The summed E-state index contributed by atoms with van der Waals surface area (Å²) in [6, 6.07) is 0. The standard InChI is InChI=1S/C8H14O2S/c1-11(9,10)8-5-6-2-3-7(8)4-6/h6-8H,2-5H2,1H3/t6-,7-,8-/m0/s1. The Kier molecular flexibility index (Phi) is 1.53. The number of rotatable bonds is 1. The van der Waals surface area contributed by atoms with Gasteiger partial charge in [0, 0.05) is 6.26 Å². The van der Waals surface area contributed by atoms with E-state index in [9.17, 15) is 8.42 Å². The molecule has 2 saturated carbocycles. The molecule has 2 aliphatic carbocycles. The molecular weight excluding hydrogens is 160 g/mol. The van der Waals surface area contributed by atoms with Crippen LogP contribution < -0.4 is 0 Å². The molecule has 2 bridgehead atoms. The molecule has 0 heterocycles. The molecule has 2 fully saturated rings. The van der Waals surface area contributed by atoms with E-state index < -0.39 is 9.84 Å². The van der Waals surface area contributed by atoms with Crippen LogP contribution in [0, 0.1) is 11.8 Å². The van der Waals surface area contributed by atoms with E-state index in [1.165, 1.54) is 19.1 Å². The largest absolute Gasteiger partial charge is 0.229 e. The van der Waals surface area contributed by atoms with E-state index in [4.69, 9.17) is 0 Å². The summed E-state index contributed by atoms with van der Waals surface area (Å²) in [6.45, 7) is 0. The molecule has 0 aromatic rings. The Bertz CT molecular complexity index is 255. The fourth-order valence-corrected chi connectivity index (χ4v) is 4.28. The first-order valence-corrected chi connectivity index (χ1v) is 6.21. The predicted molar refractivity (Wildman–Crippen MR) is 44.1 cm³/mol. The number of hydrogen-bond donors (Lipinski definition) is 0. The normalized spacial score (nSPS) is 43.2. The minimum Gasteiger partial charge on any atom is -0.229 e. The van der Waals surface area contributed by atoms with Gasteiger partial charge in [0.15, 0.2) is 9.84 Å². The summed E-state index contributed by atoms with van der Waals surface area (Å²) in [7, 11) is -2.73. The van der Waals surface area contributed by atoms with Gasteiger partial charge in [0.1, 0.15) is 0 Å². The van der Waals surface area contributed by atoms with Crippen molar-refractivity contribution in [3.63, 3.8) is 0 Å². The summed E-state index contributed by atoms with van der Waals surface area (Å²) >= 11 is 0. The fourth-order valence-electron chi connectivity index (χ4n) is 2.71. The van der Waals surface area contributed by atoms with Crippen molar-refractivity contribution < 1.29 is 8.42 Å². The fraction of sp³-hybridized carbons (Fsp3) is 1.00. The van der Waals surface area contributed by atoms with E-state index in [0.29, 0.717) is 5.92 Å². The van der Waals surface area contributed by atoms with Crippen molar-refractivity contribution in [2.24, 2.45) is 11.8 Å². The molecule has 0 aliphatic heterocycles. The van der Waals surface area contributed by atoms with Gasteiger partial charge < -0.3 is 0 Å². The highest BCUT2D eigenvalue weighted by Gasteiger charge is 2.44. The van der Waals surface area contributed by atoms with Gasteiger partial charge in [-0.1, -0.05) is 6.42 Å². The molecule has 11 heavy (non-hydrogen) atoms. The summed E-state index contributed by atoms with van der Waals surface area (Å²) in [5.41, 5.74) is 0. The molecule has 0 radical (unpaired) electrons. The number of sulfone groups is 1. The molecule has 3 heteroatoms. The van der Waals surface area contributed by atoms with E-state index in [1.807, 2.05) is 0 Å². The lowest BCUT2D eigenvalue weighted by Crippen LogP contribution is -2.25. The van der Waals surface area contributed by atoms with Gasteiger partial charge in [-0.2, -0.15) is 0 Å². The summed E-state index contributed by atoms with van der Waals surface area (Å²) in [4.78, 5) is 0. The molecule has 0 amide bonds. The molecule has 0 spiro atoms. The Labute approximate surface area is 67.9 Å². The maximum Gasteiger partial charge on any atom is 0.150 e. The first-order chi connectivity index (χ1) is 5.07. The molecule has 2 rings (SSSR count). The van der Waals surface area contributed by atoms with Crippen LogP contribution in [-0.4, -0.2) is 19.9 Å². The predicted octanol–water partition coefficient (Wildman–Crippen LogP) is 1.22. The van der Waals surface area contributed by atoms with Crippen molar-refractivity contribution in [2.45, 2.75) is 30.9 Å². The van der Waals surface area contributed by atoms with Crippen LogP contribution in [0.3, 0.4) is 0 Å². The molecule has 2 aliphatic rings. The first kappa shape index (κ1) is 7.59. The van der Waals surface area contributed by atoms with Gasteiger partial charge in [-0.25, -0.2) is 8.42 Å². The van der Waals surface area contributed by atoms with Crippen LogP contribution in [0.15, 0.2) is 0 Å². The Hall–Kier alpha value is -0.0500. The van der Waals surface area contributed by atoms with Crippen molar-refractivity contribution in [1.82, 2.24) is 0 Å². The SMILES string of the molecule is CS(=O)(=O)[C@H]1C[C@H]2CC[C@H]1C2. The summed E-state index contributed by atoms with van der Waals surface area (Å²) < 4.78 is 22.4. The maximum absolute atomic E-state index is 11.2. The second kappa shape index (κ2) is 2.22. The van der Waals surface area contributed by atoms with E-state index in [-0.39, 0.29) is 5.25 Å². The third kappa shape index (κ3) is 1.19. The minimum atomic E-state index is -2.73. The van der Waals surface area contributed by atoms with Crippen molar-refractivity contribution in [3.05, 3.63) is 0 Å². The van der Waals surface area contributed by atoms with E-state index >= 15 is 0 Å². The summed E-state index contributed by atoms with van der Waals surface area (Å²) in [5.74, 6) is 1.25. The van der Waals surface area contributed by atoms with Crippen LogP contribution >= 0.6 is 0 Å². The third-order valence-electron chi connectivity index (χ3n) is 3.22. The van der Waals surface area contributed by atoms with Crippen molar-refractivity contribution in [1.29, 1.82) is 0 Å². The highest BCUT2D eigenvalue weighted by Crippen LogP contribution is 2.47. The molecule has 0 aromatic heterocycles. The summed E-state index contributed by atoms with van der Waals surface area (Å²) in [5, 5.41) is 0.0150. The average molecular weight is 174 g/mol. The van der Waals surface area contributed by atoms with Crippen LogP contribution in [0.5, 0.6) is 0 Å². The second-order valence-corrected chi connectivity index (χ2v) is 6.31. The van der Waals surface area contributed by atoms with E-state index in [2.05, 4.69) is 0 Å². The van der Waals surface area contributed by atoms with Gasteiger partial charge in [0.2, 0.25) is 0 Å². The smallest absolute Gasteiger partial charge is 0.150 e. The molecule has 0 aromatic carbocycles. The quantitative estimate of drug-likeness (QED) is 0.599. The van der Waals surface area contributed by atoms with E-state index in [0.717, 1.165) is 18.8 Å². The molecule has 64 valence electrons. The first-order valence-electron chi connectivity index (χ1n) is 4.26. The van der Waals surface area contributed by atoms with Gasteiger partial charge in [0.25, 0.3) is 0 Å². The molecule has 3 atom stereocenters. The van der Waals surface area contributed by atoms with Gasteiger partial charge in [-0.3, -0.25) is 0 Å². The van der Waals surface area contributed by atoms with Crippen LogP contribution in [0.1, 0.15) is 25.7 Å². The van der Waals surface area contributed by atoms with Gasteiger partial charge in [-0.15, -0.1) is 0 Å². The van der Waals surface area contributed by atoms with Crippen LogP contribution in [0.2, 0.25) is 0 Å². The molecule has 0 unspecified atom stereocenters. The highest BCUT2D eigenvalue weighted by molar-refractivity contribution is 7.91. The Morgan fingerprint density at radius 2 is 1.91 bits per heavy atom. The molecular formula is C8H14O2S. The number of hydrogen-bond acceptors (Lipinski definition) is 2. The average Bonchev–Trinajstić information content (AvgIpc) is 2.42. The van der Waals surface area contributed by atoms with Crippen molar-refractivity contribution in [2.75, 3.05) is 6.26 Å². The zero-order valence-electron chi connectivity index (χ0n) is 6.79. The Balaban J connectivity index is 2.21. The lowest BCUT2D eigenvalue weighted by atomic mass is 10.0. The zero-order valence-corrected chi connectivity index (χ0v) is 7.60. The van der Waals surface area contributed by atoms with Crippen LogP contribution in [-0.2, 0) is 9.84 Å². The van der Waals surface area contributed by atoms with Crippen molar-refractivity contribution >= 4 is 9.84 Å². The highest BCUT2D eigenvalue weighted by atomic mass is 32.2. The molecule has 0 N–H and O–H groups in total. The third-order valence-corrected chi connectivity index (χ3v) is 4.90.